The summed E-state index contributed by atoms with van der Waals surface area (Å²) >= 11 is 3.38. The number of para-hydroxylation sites is 2. The predicted molar refractivity (Wildman–Crippen MR) is 257 cm³/mol. The maximum absolute atomic E-state index is 15.2. The van der Waals surface area contributed by atoms with Crippen molar-refractivity contribution in [3.63, 3.8) is 0 Å². The summed E-state index contributed by atoms with van der Waals surface area (Å²) in [7, 11) is 0. The lowest BCUT2D eigenvalue weighted by molar-refractivity contribution is 0.0684. The van der Waals surface area contributed by atoms with E-state index in [0.717, 1.165) is 97.9 Å². The number of aromatic carboxylic acids is 2. The minimum atomic E-state index is -1.29. The Hall–Kier alpha value is -6.70. The third-order valence-electron chi connectivity index (χ3n) is 13.2. The normalized spacial score (nSPS) is 17.3. The summed E-state index contributed by atoms with van der Waals surface area (Å²) < 4.78 is 55.0. The molecule has 4 fully saturated rings. The topological polar surface area (TPSA) is 177 Å². The number of alkyl halides is 1. The average molecular weight is 1010 g/mol. The fourth-order valence-corrected chi connectivity index (χ4v) is 9.76. The number of halogens is 3. The van der Waals surface area contributed by atoms with Crippen LogP contribution in [0.5, 0.6) is 23.0 Å². The molecule has 4 aliphatic heterocycles. The molecule has 6 heterocycles. The number of pyridine rings is 2. The Morgan fingerprint density at radius 3 is 1.57 bits per heavy atom. The van der Waals surface area contributed by atoms with Gasteiger partial charge in [-0.25, -0.2) is 18.4 Å². The highest BCUT2D eigenvalue weighted by atomic mass is 79.9. The molecule has 4 aromatic carbocycles. The van der Waals surface area contributed by atoms with Gasteiger partial charge in [0.15, 0.2) is 23.0 Å². The number of piperazine rings is 2. The summed E-state index contributed by atoms with van der Waals surface area (Å²) in [5.74, 6) is -0.260. The van der Waals surface area contributed by atoms with E-state index >= 15 is 4.39 Å². The van der Waals surface area contributed by atoms with Gasteiger partial charge in [-0.05, 0) is 62.1 Å². The van der Waals surface area contributed by atoms with Crippen LogP contribution in [-0.4, -0.2) is 102 Å². The quantitative estimate of drug-likeness (QED) is 0.125. The van der Waals surface area contributed by atoms with Crippen LogP contribution in [-0.2, 0) is 11.9 Å². The molecule has 0 atom stereocenters. The minimum Gasteiger partial charge on any atom is -0.477 e. The number of ether oxygens (including phenoxy) is 4. The number of nitrogens with one attached hydrogen (secondary N) is 1. The van der Waals surface area contributed by atoms with Gasteiger partial charge in [0.25, 0.3) is 0 Å². The third kappa shape index (κ3) is 9.42. The standard InChI is InChI=1S/C25H24FN3O5.C17H18FN3O3.C8H7BrO2/c26-19-10-17-20(29(16-4-5-16)13-18(23(17)30)25(31)32)11-21(19)28-8-6-27(7-9-28)12-15-2-1-3-22-24(15)34-14-33-22;18-13-7-11-14(8-15(13)20-5-3-19-4-6-20)21(10-1-2-10)9-12(16(11)22)17(23)24;9-4-6-2-1-3-7-8(6)11-5-10-7/h1-3,10-11,13,16H,4-9,12,14H2,(H,31,32);7-10,19H,1-6H2,(H,23,24);1-3H,4-5H2. The van der Waals surface area contributed by atoms with Gasteiger partial charge in [-0.2, -0.15) is 0 Å². The first-order valence-corrected chi connectivity index (χ1v) is 24.1. The summed E-state index contributed by atoms with van der Waals surface area (Å²) in [6, 6.07) is 17.9. The van der Waals surface area contributed by atoms with Gasteiger partial charge in [-0.1, -0.05) is 40.2 Å². The van der Waals surface area contributed by atoms with E-state index in [9.17, 15) is 33.8 Å². The van der Waals surface area contributed by atoms with Gasteiger partial charge in [0, 0.05) is 111 Å². The van der Waals surface area contributed by atoms with Crippen LogP contribution >= 0.6 is 15.9 Å². The molecule has 2 saturated heterocycles. The number of fused-ring (bicyclic) bond motifs is 4. The zero-order valence-corrected chi connectivity index (χ0v) is 39.0. The van der Waals surface area contributed by atoms with E-state index in [1.54, 1.807) is 12.1 Å². The van der Waals surface area contributed by atoms with Crippen molar-refractivity contribution in [1.29, 1.82) is 0 Å². The summed E-state index contributed by atoms with van der Waals surface area (Å²) in [5.41, 5.74) is 2.45. The Morgan fingerprint density at radius 1 is 0.638 bits per heavy atom. The van der Waals surface area contributed by atoms with Crippen molar-refractivity contribution in [3.05, 3.63) is 127 Å². The predicted octanol–water partition coefficient (Wildman–Crippen LogP) is 7.12. The molecular formula is C50H49BrF2N6O10. The van der Waals surface area contributed by atoms with Crippen LogP contribution in [0.3, 0.4) is 0 Å². The molecule has 69 heavy (non-hydrogen) atoms. The van der Waals surface area contributed by atoms with Crippen LogP contribution in [0.2, 0.25) is 0 Å². The van der Waals surface area contributed by atoms with Crippen molar-refractivity contribution in [2.24, 2.45) is 0 Å². The molecule has 0 spiro atoms. The van der Waals surface area contributed by atoms with E-state index in [1.807, 2.05) is 55.3 Å². The molecular weight excluding hydrogens is 962 g/mol. The molecule has 0 amide bonds. The van der Waals surface area contributed by atoms with Crippen molar-refractivity contribution in [3.8, 4) is 23.0 Å². The van der Waals surface area contributed by atoms with Gasteiger partial charge in [0.05, 0.1) is 22.4 Å². The zero-order chi connectivity index (χ0) is 47.9. The van der Waals surface area contributed by atoms with Gasteiger partial charge in [0.2, 0.25) is 24.4 Å². The second kappa shape index (κ2) is 19.4. The largest absolute Gasteiger partial charge is 0.477 e. The Morgan fingerprint density at radius 2 is 1.10 bits per heavy atom. The van der Waals surface area contributed by atoms with Crippen molar-refractivity contribution in [2.75, 3.05) is 75.7 Å². The molecule has 0 bridgehead atoms. The van der Waals surface area contributed by atoms with Crippen LogP contribution in [0, 0.1) is 11.6 Å². The van der Waals surface area contributed by atoms with Crippen molar-refractivity contribution >= 4 is 61.0 Å². The molecule has 12 rings (SSSR count). The molecule has 2 aromatic heterocycles. The molecule has 16 nitrogen and oxygen atoms in total. The van der Waals surface area contributed by atoms with E-state index < -0.39 is 34.4 Å². The van der Waals surface area contributed by atoms with Crippen LogP contribution < -0.4 is 44.9 Å². The van der Waals surface area contributed by atoms with Gasteiger partial charge in [0.1, 0.15) is 22.8 Å². The highest BCUT2D eigenvalue weighted by Crippen LogP contribution is 2.41. The number of carboxylic acid groups (broad SMARTS) is 2. The lowest BCUT2D eigenvalue weighted by Gasteiger charge is -2.36. The van der Waals surface area contributed by atoms with Crippen molar-refractivity contribution < 1.29 is 47.5 Å². The lowest BCUT2D eigenvalue weighted by atomic mass is 10.1. The van der Waals surface area contributed by atoms with E-state index in [0.29, 0.717) is 55.4 Å². The third-order valence-corrected chi connectivity index (χ3v) is 13.8. The highest BCUT2D eigenvalue weighted by Gasteiger charge is 2.31. The van der Waals surface area contributed by atoms with E-state index in [2.05, 4.69) is 26.1 Å². The fraction of sp³-hybridized carbons (Fsp3) is 0.360. The van der Waals surface area contributed by atoms with Gasteiger partial charge in [-0.15, -0.1) is 0 Å². The summed E-state index contributed by atoms with van der Waals surface area (Å²) in [6.45, 7) is 7.03. The first-order chi connectivity index (χ1) is 33.5. The Kier molecular flexibility index (Phi) is 12.9. The summed E-state index contributed by atoms with van der Waals surface area (Å²) in [6.07, 6.45) is 6.54. The van der Waals surface area contributed by atoms with E-state index in [1.165, 1.54) is 24.5 Å². The van der Waals surface area contributed by atoms with E-state index in [4.69, 9.17) is 18.9 Å². The lowest BCUT2D eigenvalue weighted by Crippen LogP contribution is -2.46. The number of nitrogens with zero attached hydrogens (tertiary/aromatic N) is 5. The van der Waals surface area contributed by atoms with Crippen LogP contribution in [0.4, 0.5) is 20.2 Å². The molecule has 19 heteroatoms. The smallest absolute Gasteiger partial charge is 0.341 e. The van der Waals surface area contributed by atoms with Crippen LogP contribution in [0.25, 0.3) is 21.8 Å². The second-order valence-corrected chi connectivity index (χ2v) is 18.3. The number of benzene rings is 4. The number of rotatable bonds is 9. The first kappa shape index (κ1) is 46.1. The molecule has 6 aliphatic rings. The van der Waals surface area contributed by atoms with E-state index in [-0.39, 0.29) is 40.8 Å². The maximum atomic E-state index is 15.2. The number of carbonyl (C=O) groups is 2. The monoisotopic (exact) mass is 1010 g/mol. The number of hydrogen-bond donors (Lipinski definition) is 3. The van der Waals surface area contributed by atoms with Crippen molar-refractivity contribution in [2.45, 2.75) is 49.6 Å². The van der Waals surface area contributed by atoms with Gasteiger partial charge < -0.3 is 53.4 Å². The second-order valence-electron chi connectivity index (χ2n) is 17.7. The SMILES string of the molecule is BrCc1cccc2c1OCO2.O=C(O)c1cn(C2CC2)c2cc(N3CCN(Cc4cccc5c4OCO5)CC3)c(F)cc2c1=O.O=C(O)c1cn(C2CC2)c2cc(N3CCNCC3)c(F)cc2c1=O. The molecule has 6 aromatic rings. The molecule has 360 valence electrons. The minimum absolute atomic E-state index is 0.117. The maximum Gasteiger partial charge on any atom is 0.341 e. The average Bonchev–Trinajstić information content (AvgIpc) is 4.29. The molecule has 3 N–H and O–H groups in total. The highest BCUT2D eigenvalue weighted by molar-refractivity contribution is 9.08. The Labute approximate surface area is 402 Å². The molecule has 2 saturated carbocycles. The summed E-state index contributed by atoms with van der Waals surface area (Å²) in [5, 5.41) is 23.0. The Balaban J connectivity index is 0.000000136. The number of aromatic nitrogens is 2. The Bertz CT molecular complexity index is 3110. The van der Waals surface area contributed by atoms with Gasteiger partial charge in [-0.3, -0.25) is 14.5 Å². The van der Waals surface area contributed by atoms with Gasteiger partial charge >= 0.3 is 11.9 Å². The summed E-state index contributed by atoms with van der Waals surface area (Å²) in [4.78, 5) is 54.3. The first-order valence-electron chi connectivity index (χ1n) is 22.9. The fourth-order valence-electron chi connectivity index (χ4n) is 9.32. The van der Waals surface area contributed by atoms with Crippen molar-refractivity contribution in [1.82, 2.24) is 19.4 Å². The van der Waals surface area contributed by atoms with Crippen LogP contribution in [0.1, 0.15) is 69.6 Å². The molecule has 2 aliphatic carbocycles. The van der Waals surface area contributed by atoms with Crippen LogP contribution in [0.15, 0.2) is 82.6 Å². The molecule has 0 radical (unpaired) electrons. The number of carboxylic acids is 2. The molecule has 0 unspecified atom stereocenters. The number of anilines is 2. The number of hydrogen-bond acceptors (Lipinski definition) is 12. The zero-order valence-electron chi connectivity index (χ0n) is 37.4.